The van der Waals surface area contributed by atoms with E-state index < -0.39 is 10.2 Å². The molecule has 2 N–H and O–H groups in total. The predicted molar refractivity (Wildman–Crippen MR) is 77.9 cm³/mol. The maximum atomic E-state index is 12.5. The largest absolute Gasteiger partial charge is 0.494 e. The van der Waals surface area contributed by atoms with Crippen LogP contribution < -0.4 is 4.72 Å². The van der Waals surface area contributed by atoms with Crippen molar-refractivity contribution in [2.75, 3.05) is 0 Å². The Morgan fingerprint density at radius 1 is 1.15 bits per heavy atom. The third kappa shape index (κ3) is 2.41. The zero-order valence-electron chi connectivity index (χ0n) is 11.1. The molecule has 1 aromatic carbocycles. The van der Waals surface area contributed by atoms with Gasteiger partial charge in [-0.3, -0.25) is 0 Å². The third-order valence-electron chi connectivity index (χ3n) is 3.81. The summed E-state index contributed by atoms with van der Waals surface area (Å²) in [6.07, 6.45) is 4.98. The molecule has 3 rings (SSSR count). The molecule has 0 saturated heterocycles. The first-order valence-corrected chi connectivity index (χ1v) is 8.34. The van der Waals surface area contributed by atoms with Crippen molar-refractivity contribution in [3.8, 4) is 5.88 Å². The molecular weight excluding hydrogens is 276 g/mol. The molecule has 1 aliphatic rings. The van der Waals surface area contributed by atoms with Crippen LogP contribution in [0.5, 0.6) is 5.88 Å². The summed E-state index contributed by atoms with van der Waals surface area (Å²) >= 11 is 0. The summed E-state index contributed by atoms with van der Waals surface area (Å²) in [7, 11) is -3.76. The number of nitrogens with one attached hydrogen (secondary N) is 1. The lowest BCUT2D eigenvalue weighted by Crippen LogP contribution is -2.39. The van der Waals surface area contributed by atoms with Crippen molar-refractivity contribution in [1.29, 1.82) is 0 Å². The second-order valence-electron chi connectivity index (χ2n) is 5.28. The summed E-state index contributed by atoms with van der Waals surface area (Å²) in [5, 5.41) is 10.7. The van der Waals surface area contributed by atoms with E-state index in [1.54, 1.807) is 18.2 Å². The fraction of sp³-hybridized carbons (Fsp3) is 0.429. The Labute approximate surface area is 118 Å². The lowest BCUT2D eigenvalue weighted by atomic mass is 9.96. The van der Waals surface area contributed by atoms with Crippen molar-refractivity contribution in [1.82, 2.24) is 8.69 Å². The highest BCUT2D eigenvalue weighted by molar-refractivity contribution is 7.88. The summed E-state index contributed by atoms with van der Waals surface area (Å²) in [6, 6.07) is 8.47. The van der Waals surface area contributed by atoms with Gasteiger partial charge in [-0.05, 0) is 18.9 Å². The smallest absolute Gasteiger partial charge is 0.308 e. The highest BCUT2D eigenvalue weighted by atomic mass is 32.2. The van der Waals surface area contributed by atoms with E-state index >= 15 is 0 Å². The number of hydrogen-bond donors (Lipinski definition) is 2. The molecule has 108 valence electrons. The summed E-state index contributed by atoms with van der Waals surface area (Å²) in [4.78, 5) is 0. The van der Waals surface area contributed by atoms with Crippen molar-refractivity contribution in [3.63, 3.8) is 0 Å². The summed E-state index contributed by atoms with van der Waals surface area (Å²) in [5.41, 5.74) is 0.494. The molecule has 20 heavy (non-hydrogen) atoms. The average Bonchev–Trinajstić information content (AvgIpc) is 2.75. The molecule has 1 aromatic heterocycles. The summed E-state index contributed by atoms with van der Waals surface area (Å²) < 4.78 is 28.7. The van der Waals surface area contributed by atoms with Gasteiger partial charge in [-0.25, -0.2) is 0 Å². The van der Waals surface area contributed by atoms with E-state index in [1.165, 1.54) is 6.07 Å². The van der Waals surface area contributed by atoms with E-state index in [2.05, 4.69) is 4.72 Å². The van der Waals surface area contributed by atoms with Gasteiger partial charge in [0.2, 0.25) is 5.88 Å². The molecule has 1 aliphatic carbocycles. The SMILES string of the molecule is O=S(=O)(NC1CCCCC1)n1c(O)cc2ccccc21. The van der Waals surface area contributed by atoms with Gasteiger partial charge >= 0.3 is 10.2 Å². The molecule has 0 spiro atoms. The van der Waals surface area contributed by atoms with Gasteiger partial charge in [-0.15, -0.1) is 0 Å². The Kier molecular flexibility index (Phi) is 3.43. The zero-order chi connectivity index (χ0) is 14.2. The number of nitrogens with zero attached hydrogens (tertiary/aromatic N) is 1. The molecule has 1 heterocycles. The van der Waals surface area contributed by atoms with Gasteiger partial charge in [0.25, 0.3) is 0 Å². The minimum Gasteiger partial charge on any atom is -0.494 e. The van der Waals surface area contributed by atoms with Crippen molar-refractivity contribution < 1.29 is 13.5 Å². The number of aromatic nitrogens is 1. The van der Waals surface area contributed by atoms with Crippen LogP contribution in [0, 0.1) is 0 Å². The third-order valence-corrected chi connectivity index (χ3v) is 5.31. The number of fused-ring (bicyclic) bond motifs is 1. The molecule has 5 nitrogen and oxygen atoms in total. The number of aromatic hydroxyl groups is 1. The second kappa shape index (κ2) is 5.10. The molecule has 0 amide bonds. The Morgan fingerprint density at radius 3 is 2.60 bits per heavy atom. The Bertz CT molecular complexity index is 715. The van der Waals surface area contributed by atoms with Gasteiger partial charge < -0.3 is 5.11 Å². The van der Waals surface area contributed by atoms with Crippen molar-refractivity contribution >= 4 is 21.1 Å². The standard InChI is InChI=1S/C14H18N2O3S/c17-14-10-11-6-4-5-9-13(11)16(14)20(18,19)15-12-7-2-1-3-8-12/h4-6,9-10,12,15,17H,1-3,7-8H2. The summed E-state index contributed by atoms with van der Waals surface area (Å²) in [6.45, 7) is 0. The highest BCUT2D eigenvalue weighted by Gasteiger charge is 2.24. The summed E-state index contributed by atoms with van der Waals surface area (Å²) in [5.74, 6) is -0.255. The van der Waals surface area contributed by atoms with E-state index in [4.69, 9.17) is 0 Å². The highest BCUT2D eigenvalue weighted by Crippen LogP contribution is 2.27. The van der Waals surface area contributed by atoms with Crippen LogP contribution in [0.25, 0.3) is 10.9 Å². The molecule has 0 unspecified atom stereocenters. The van der Waals surface area contributed by atoms with E-state index in [1.807, 2.05) is 6.07 Å². The molecular formula is C14H18N2O3S. The topological polar surface area (TPSA) is 71.3 Å². The van der Waals surface area contributed by atoms with E-state index in [0.29, 0.717) is 10.9 Å². The molecule has 0 bridgehead atoms. The molecule has 6 heteroatoms. The fourth-order valence-electron chi connectivity index (χ4n) is 2.85. The average molecular weight is 294 g/mol. The van der Waals surface area contributed by atoms with Gasteiger partial charge in [-0.1, -0.05) is 37.5 Å². The Morgan fingerprint density at radius 2 is 1.85 bits per heavy atom. The van der Waals surface area contributed by atoms with Gasteiger partial charge in [0.15, 0.2) is 0 Å². The van der Waals surface area contributed by atoms with E-state index in [-0.39, 0.29) is 11.9 Å². The molecule has 0 aliphatic heterocycles. The minimum atomic E-state index is -3.76. The maximum absolute atomic E-state index is 12.5. The molecule has 1 fully saturated rings. The van der Waals surface area contributed by atoms with Crippen LogP contribution in [0.15, 0.2) is 30.3 Å². The van der Waals surface area contributed by atoms with Crippen LogP contribution in [-0.4, -0.2) is 23.5 Å². The number of benzene rings is 1. The van der Waals surface area contributed by atoms with Crippen molar-refractivity contribution in [2.24, 2.45) is 0 Å². The first-order valence-electron chi connectivity index (χ1n) is 6.90. The lowest BCUT2D eigenvalue weighted by molar-refractivity contribution is 0.406. The quantitative estimate of drug-likeness (QED) is 0.913. The second-order valence-corrected chi connectivity index (χ2v) is 6.83. The van der Waals surface area contributed by atoms with E-state index in [0.717, 1.165) is 36.1 Å². The van der Waals surface area contributed by atoms with Crippen LogP contribution in [-0.2, 0) is 10.2 Å². The van der Waals surface area contributed by atoms with Crippen LogP contribution in [0.2, 0.25) is 0 Å². The molecule has 1 saturated carbocycles. The van der Waals surface area contributed by atoms with Gasteiger partial charge in [0.05, 0.1) is 5.52 Å². The molecule has 0 radical (unpaired) electrons. The van der Waals surface area contributed by atoms with Crippen LogP contribution in [0.1, 0.15) is 32.1 Å². The minimum absolute atomic E-state index is 0.0330. The van der Waals surface area contributed by atoms with Gasteiger partial charge in [0, 0.05) is 17.5 Å². The van der Waals surface area contributed by atoms with Gasteiger partial charge in [0.1, 0.15) is 0 Å². The number of para-hydroxylation sites is 1. The normalized spacial score (nSPS) is 17.6. The van der Waals surface area contributed by atoms with Crippen molar-refractivity contribution in [2.45, 2.75) is 38.1 Å². The van der Waals surface area contributed by atoms with Gasteiger partial charge in [-0.2, -0.15) is 17.1 Å². The predicted octanol–water partition coefficient (Wildman–Crippen LogP) is 2.36. The first kappa shape index (κ1) is 13.5. The number of rotatable bonds is 3. The molecule has 0 atom stereocenters. The van der Waals surface area contributed by atoms with Crippen LogP contribution >= 0.6 is 0 Å². The lowest BCUT2D eigenvalue weighted by Gasteiger charge is -2.23. The Balaban J connectivity index is 1.98. The van der Waals surface area contributed by atoms with Crippen LogP contribution in [0.4, 0.5) is 0 Å². The van der Waals surface area contributed by atoms with Crippen LogP contribution in [0.3, 0.4) is 0 Å². The first-order chi connectivity index (χ1) is 9.58. The van der Waals surface area contributed by atoms with Crippen molar-refractivity contribution in [3.05, 3.63) is 30.3 Å². The zero-order valence-corrected chi connectivity index (χ0v) is 11.9. The van der Waals surface area contributed by atoms with E-state index in [9.17, 15) is 13.5 Å². The fourth-order valence-corrected chi connectivity index (χ4v) is 4.34. The Hall–Kier alpha value is -1.53. The maximum Gasteiger partial charge on any atom is 0.308 e. The monoisotopic (exact) mass is 294 g/mol. The number of hydrogen-bond acceptors (Lipinski definition) is 3. The molecule has 2 aromatic rings.